The molecule has 24 heavy (non-hydrogen) atoms. The van der Waals surface area contributed by atoms with Crippen molar-refractivity contribution in [3.63, 3.8) is 0 Å². The number of aromatic nitrogens is 2. The molecule has 2 aromatic carbocycles. The van der Waals surface area contributed by atoms with E-state index in [-0.39, 0.29) is 6.04 Å². The lowest BCUT2D eigenvalue weighted by Gasteiger charge is -2.14. The van der Waals surface area contributed by atoms with Gasteiger partial charge in [-0.15, -0.1) is 0 Å². The lowest BCUT2D eigenvalue weighted by molar-refractivity contribution is -0.110. The molecule has 3 rings (SSSR count). The fourth-order valence-corrected chi connectivity index (χ4v) is 2.77. The molecule has 1 amide bonds. The Morgan fingerprint density at radius 1 is 1.17 bits per heavy atom. The molecule has 0 fully saturated rings. The molecule has 0 spiro atoms. The first-order valence-corrected chi connectivity index (χ1v) is 8.12. The molecular weight excluding hydrogens is 302 g/mol. The van der Waals surface area contributed by atoms with E-state index in [1.807, 2.05) is 55.5 Å². The maximum Gasteiger partial charge on any atom is 0.207 e. The van der Waals surface area contributed by atoms with Crippen molar-refractivity contribution < 1.29 is 9.53 Å². The summed E-state index contributed by atoms with van der Waals surface area (Å²) in [5.74, 6) is 1.74. The number of amides is 1. The number of nitrogens with one attached hydrogen (secondary N) is 1. The Labute approximate surface area is 141 Å². The molecular formula is C19H21N3O2. The quantitative estimate of drug-likeness (QED) is 0.511. The number of ether oxygens (including phenoxy) is 1. The lowest BCUT2D eigenvalue weighted by Crippen LogP contribution is -2.21. The first-order chi connectivity index (χ1) is 11.8. The number of carbonyl (C=O) groups is 1. The van der Waals surface area contributed by atoms with Crippen molar-refractivity contribution in [1.82, 2.24) is 14.9 Å². The van der Waals surface area contributed by atoms with Crippen LogP contribution >= 0.6 is 0 Å². The van der Waals surface area contributed by atoms with Crippen LogP contribution in [-0.2, 0) is 11.3 Å². The zero-order chi connectivity index (χ0) is 16.8. The van der Waals surface area contributed by atoms with Crippen LogP contribution in [0, 0.1) is 0 Å². The van der Waals surface area contributed by atoms with Crippen LogP contribution in [0.5, 0.6) is 5.75 Å². The molecule has 0 aliphatic heterocycles. The minimum Gasteiger partial charge on any atom is -0.494 e. The molecule has 0 aliphatic carbocycles. The van der Waals surface area contributed by atoms with Gasteiger partial charge in [0.25, 0.3) is 0 Å². The van der Waals surface area contributed by atoms with E-state index < -0.39 is 0 Å². The van der Waals surface area contributed by atoms with Gasteiger partial charge in [0, 0.05) is 6.54 Å². The first-order valence-electron chi connectivity index (χ1n) is 8.12. The largest absolute Gasteiger partial charge is 0.494 e. The molecule has 1 aromatic heterocycles. The van der Waals surface area contributed by atoms with Crippen LogP contribution in [-0.4, -0.2) is 22.6 Å². The number of rotatable bonds is 8. The number of para-hydroxylation sites is 3. The van der Waals surface area contributed by atoms with E-state index in [0.29, 0.717) is 13.0 Å². The van der Waals surface area contributed by atoms with Gasteiger partial charge in [0.1, 0.15) is 11.6 Å². The number of aryl methyl sites for hydroxylation is 1. The van der Waals surface area contributed by atoms with Crippen LogP contribution < -0.4 is 10.1 Å². The van der Waals surface area contributed by atoms with Gasteiger partial charge < -0.3 is 14.6 Å². The smallest absolute Gasteiger partial charge is 0.207 e. The average Bonchev–Trinajstić information content (AvgIpc) is 2.99. The van der Waals surface area contributed by atoms with Gasteiger partial charge >= 0.3 is 0 Å². The molecule has 1 N–H and O–H groups in total. The number of benzene rings is 2. The Hall–Kier alpha value is -2.82. The third-order valence-electron chi connectivity index (χ3n) is 3.93. The molecule has 0 bridgehead atoms. The van der Waals surface area contributed by atoms with Crippen molar-refractivity contribution in [3.05, 3.63) is 60.4 Å². The topological polar surface area (TPSA) is 56.2 Å². The third kappa shape index (κ3) is 3.56. The highest BCUT2D eigenvalue weighted by Crippen LogP contribution is 2.21. The van der Waals surface area contributed by atoms with Gasteiger partial charge in [-0.25, -0.2) is 4.98 Å². The van der Waals surface area contributed by atoms with Crippen LogP contribution in [0.3, 0.4) is 0 Å². The second kappa shape index (κ2) is 7.64. The highest BCUT2D eigenvalue weighted by molar-refractivity contribution is 5.76. The summed E-state index contributed by atoms with van der Waals surface area (Å²) in [6, 6.07) is 17.7. The van der Waals surface area contributed by atoms with Gasteiger partial charge in [0.2, 0.25) is 6.41 Å². The number of fused-ring (bicyclic) bond motifs is 1. The highest BCUT2D eigenvalue weighted by Gasteiger charge is 2.15. The summed E-state index contributed by atoms with van der Waals surface area (Å²) in [5.41, 5.74) is 2.02. The average molecular weight is 323 g/mol. The van der Waals surface area contributed by atoms with Crippen molar-refractivity contribution in [2.75, 3.05) is 6.61 Å². The van der Waals surface area contributed by atoms with Crippen LogP contribution in [0.1, 0.15) is 25.2 Å². The number of hydrogen-bond acceptors (Lipinski definition) is 3. The van der Waals surface area contributed by atoms with Crippen molar-refractivity contribution in [2.24, 2.45) is 0 Å². The molecule has 0 aliphatic rings. The van der Waals surface area contributed by atoms with Gasteiger partial charge in [0.05, 0.1) is 23.7 Å². The second-order valence-electron chi connectivity index (χ2n) is 5.63. The van der Waals surface area contributed by atoms with Crippen molar-refractivity contribution in [1.29, 1.82) is 0 Å². The maximum atomic E-state index is 10.8. The Morgan fingerprint density at radius 2 is 1.92 bits per heavy atom. The van der Waals surface area contributed by atoms with Gasteiger partial charge in [-0.1, -0.05) is 30.3 Å². The van der Waals surface area contributed by atoms with Gasteiger partial charge in [-0.05, 0) is 37.6 Å². The lowest BCUT2D eigenvalue weighted by atomic mass is 10.3. The normalized spacial score (nSPS) is 12.0. The van der Waals surface area contributed by atoms with E-state index in [0.717, 1.165) is 35.6 Å². The minimum atomic E-state index is -0.134. The minimum absolute atomic E-state index is 0.134. The molecule has 0 unspecified atom stereocenters. The fourth-order valence-electron chi connectivity index (χ4n) is 2.77. The Balaban J connectivity index is 1.72. The zero-order valence-corrected chi connectivity index (χ0v) is 13.7. The van der Waals surface area contributed by atoms with E-state index in [2.05, 4.69) is 20.9 Å². The third-order valence-corrected chi connectivity index (χ3v) is 3.93. The number of nitrogens with zero attached hydrogens (tertiary/aromatic N) is 2. The standard InChI is InChI=1S/C19H21N3O2/c1-15(20-14-23)19-21-17-10-5-6-11-18(17)22(19)12-7-13-24-16-8-3-2-4-9-16/h2-6,8-11,14-15H,7,12-13H2,1H3,(H,20,23)/t15-/m0/s1. The van der Waals surface area contributed by atoms with E-state index in [1.165, 1.54) is 0 Å². The second-order valence-corrected chi connectivity index (χ2v) is 5.63. The zero-order valence-electron chi connectivity index (χ0n) is 13.7. The number of carbonyl (C=O) groups excluding carboxylic acids is 1. The highest BCUT2D eigenvalue weighted by atomic mass is 16.5. The Bertz CT molecular complexity index is 799. The summed E-state index contributed by atoms with van der Waals surface area (Å²) in [6.45, 7) is 3.35. The van der Waals surface area contributed by atoms with E-state index >= 15 is 0 Å². The van der Waals surface area contributed by atoms with Crippen LogP contribution in [0.4, 0.5) is 0 Å². The molecule has 0 saturated heterocycles. The molecule has 3 aromatic rings. The van der Waals surface area contributed by atoms with E-state index in [1.54, 1.807) is 0 Å². The molecule has 5 heteroatoms. The molecule has 5 nitrogen and oxygen atoms in total. The van der Waals surface area contributed by atoms with Crippen LogP contribution in [0.25, 0.3) is 11.0 Å². The van der Waals surface area contributed by atoms with Gasteiger partial charge in [0.15, 0.2) is 0 Å². The molecule has 0 radical (unpaired) electrons. The fraction of sp³-hybridized carbons (Fsp3) is 0.263. The van der Waals surface area contributed by atoms with Gasteiger partial charge in [-0.3, -0.25) is 4.79 Å². The van der Waals surface area contributed by atoms with Crippen molar-refractivity contribution >= 4 is 17.4 Å². The van der Waals surface area contributed by atoms with E-state index in [9.17, 15) is 4.79 Å². The molecule has 124 valence electrons. The number of imidazole rings is 1. The predicted octanol–water partition coefficient (Wildman–Crippen LogP) is 3.31. The number of hydrogen-bond donors (Lipinski definition) is 1. The molecule has 1 heterocycles. The van der Waals surface area contributed by atoms with Crippen molar-refractivity contribution in [3.8, 4) is 5.75 Å². The van der Waals surface area contributed by atoms with Crippen LogP contribution in [0.15, 0.2) is 54.6 Å². The summed E-state index contributed by atoms with van der Waals surface area (Å²) in [4.78, 5) is 15.4. The van der Waals surface area contributed by atoms with Crippen molar-refractivity contribution in [2.45, 2.75) is 25.9 Å². The molecule has 0 saturated carbocycles. The monoisotopic (exact) mass is 323 g/mol. The summed E-state index contributed by atoms with van der Waals surface area (Å²) in [7, 11) is 0. The summed E-state index contributed by atoms with van der Waals surface area (Å²) >= 11 is 0. The predicted molar refractivity (Wildman–Crippen MR) is 93.9 cm³/mol. The van der Waals surface area contributed by atoms with Gasteiger partial charge in [-0.2, -0.15) is 0 Å². The summed E-state index contributed by atoms with van der Waals surface area (Å²) in [5, 5.41) is 2.78. The molecule has 1 atom stereocenters. The summed E-state index contributed by atoms with van der Waals surface area (Å²) < 4.78 is 7.92. The van der Waals surface area contributed by atoms with E-state index in [4.69, 9.17) is 4.74 Å². The Morgan fingerprint density at radius 3 is 2.71 bits per heavy atom. The maximum absolute atomic E-state index is 10.8. The first kappa shape index (κ1) is 16.1. The Kier molecular flexibility index (Phi) is 5.11. The van der Waals surface area contributed by atoms with Crippen LogP contribution in [0.2, 0.25) is 0 Å². The SMILES string of the molecule is C[C@H](NC=O)c1nc2ccccc2n1CCCOc1ccccc1. The summed E-state index contributed by atoms with van der Waals surface area (Å²) in [6.07, 6.45) is 1.57.